The second kappa shape index (κ2) is 6.19. The summed E-state index contributed by atoms with van der Waals surface area (Å²) in [6.45, 7) is 3.40. The van der Waals surface area contributed by atoms with Crippen molar-refractivity contribution in [1.82, 2.24) is 0 Å². The molecule has 0 amide bonds. The maximum atomic E-state index is 10.5. The summed E-state index contributed by atoms with van der Waals surface area (Å²) >= 11 is 0. The van der Waals surface area contributed by atoms with Crippen LogP contribution < -0.4 is 9.47 Å². The van der Waals surface area contributed by atoms with Gasteiger partial charge in [-0.25, -0.2) is 0 Å². The first kappa shape index (κ1) is 14.0. The van der Waals surface area contributed by atoms with E-state index in [1.165, 1.54) is 5.56 Å². The van der Waals surface area contributed by atoms with Gasteiger partial charge in [-0.3, -0.25) is 0 Å². The third-order valence-corrected chi connectivity index (χ3v) is 3.83. The first-order chi connectivity index (χ1) is 10.2. The highest BCUT2D eigenvalue weighted by Crippen LogP contribution is 2.33. The molecule has 1 heterocycles. The third kappa shape index (κ3) is 3.19. The largest absolute Gasteiger partial charge is 0.490 e. The van der Waals surface area contributed by atoms with Gasteiger partial charge >= 0.3 is 0 Å². The summed E-state index contributed by atoms with van der Waals surface area (Å²) in [5.74, 6) is 1.49. The molecule has 21 heavy (non-hydrogen) atoms. The van der Waals surface area contributed by atoms with Crippen LogP contribution in [-0.2, 0) is 6.42 Å². The zero-order chi connectivity index (χ0) is 14.7. The minimum atomic E-state index is -0.539. The summed E-state index contributed by atoms with van der Waals surface area (Å²) in [5, 5.41) is 10.5. The highest BCUT2D eigenvalue weighted by molar-refractivity contribution is 5.44. The van der Waals surface area contributed by atoms with Crippen LogP contribution in [0.2, 0.25) is 0 Å². The molecule has 0 spiro atoms. The van der Waals surface area contributed by atoms with Gasteiger partial charge in [0.15, 0.2) is 11.5 Å². The quantitative estimate of drug-likeness (QED) is 0.938. The molecule has 3 heteroatoms. The van der Waals surface area contributed by atoms with Crippen LogP contribution in [0, 0.1) is 6.92 Å². The van der Waals surface area contributed by atoms with Gasteiger partial charge in [0, 0.05) is 12.8 Å². The van der Waals surface area contributed by atoms with Crippen molar-refractivity contribution < 1.29 is 14.6 Å². The number of rotatable bonds is 3. The van der Waals surface area contributed by atoms with Crippen molar-refractivity contribution in [3.63, 3.8) is 0 Å². The van der Waals surface area contributed by atoms with Gasteiger partial charge in [-0.05, 0) is 35.7 Å². The predicted octanol–water partition coefficient (Wildman–Crippen LogP) is 3.43. The van der Waals surface area contributed by atoms with Crippen LogP contribution >= 0.6 is 0 Å². The second-order valence-corrected chi connectivity index (χ2v) is 5.40. The smallest absolute Gasteiger partial charge is 0.161 e. The van der Waals surface area contributed by atoms with Gasteiger partial charge < -0.3 is 14.6 Å². The molecule has 0 bridgehead atoms. The van der Waals surface area contributed by atoms with Crippen molar-refractivity contribution in [2.75, 3.05) is 13.2 Å². The first-order valence-electron chi connectivity index (χ1n) is 7.36. The number of benzene rings is 2. The lowest BCUT2D eigenvalue weighted by molar-refractivity contribution is 0.177. The fourth-order valence-corrected chi connectivity index (χ4v) is 2.55. The van der Waals surface area contributed by atoms with E-state index < -0.39 is 6.10 Å². The maximum absolute atomic E-state index is 10.5. The van der Waals surface area contributed by atoms with Crippen LogP contribution in [0.1, 0.15) is 29.2 Å². The van der Waals surface area contributed by atoms with E-state index in [2.05, 4.69) is 19.1 Å². The Bertz CT molecular complexity index is 622. The summed E-state index contributed by atoms with van der Waals surface area (Å²) in [4.78, 5) is 0. The normalized spacial score (nSPS) is 15.3. The monoisotopic (exact) mass is 284 g/mol. The Balaban J connectivity index is 1.80. The number of aryl methyl sites for hydroxylation is 1. The van der Waals surface area contributed by atoms with Gasteiger partial charge in [0.05, 0.1) is 19.3 Å². The SMILES string of the molecule is Cc1ccccc1CC(O)c1ccc2c(c1)OCCCO2. The van der Waals surface area contributed by atoms with Crippen LogP contribution in [0.5, 0.6) is 11.5 Å². The van der Waals surface area contributed by atoms with Crippen LogP contribution in [0.15, 0.2) is 42.5 Å². The molecular weight excluding hydrogens is 264 g/mol. The van der Waals surface area contributed by atoms with Gasteiger partial charge in [0.1, 0.15) is 0 Å². The molecule has 0 aromatic heterocycles. The Morgan fingerprint density at radius 2 is 1.81 bits per heavy atom. The topological polar surface area (TPSA) is 38.7 Å². The molecule has 0 radical (unpaired) electrons. The molecule has 3 nitrogen and oxygen atoms in total. The summed E-state index contributed by atoms with van der Waals surface area (Å²) < 4.78 is 11.3. The van der Waals surface area contributed by atoms with Crippen molar-refractivity contribution >= 4 is 0 Å². The molecule has 3 rings (SSSR count). The number of fused-ring (bicyclic) bond motifs is 1. The molecule has 0 saturated carbocycles. The summed E-state index contributed by atoms with van der Waals surface area (Å²) in [7, 11) is 0. The van der Waals surface area contributed by atoms with Crippen LogP contribution in [-0.4, -0.2) is 18.3 Å². The Hall–Kier alpha value is -2.00. The zero-order valence-electron chi connectivity index (χ0n) is 12.2. The van der Waals surface area contributed by atoms with E-state index >= 15 is 0 Å². The molecule has 2 aromatic carbocycles. The number of ether oxygens (including phenoxy) is 2. The highest BCUT2D eigenvalue weighted by atomic mass is 16.5. The van der Waals surface area contributed by atoms with Crippen molar-refractivity contribution in [2.45, 2.75) is 25.9 Å². The number of aliphatic hydroxyl groups excluding tert-OH is 1. The standard InChI is InChI=1S/C18H20O3/c1-13-5-2-3-6-14(13)11-16(19)15-7-8-17-18(12-15)21-10-4-9-20-17/h2-3,5-8,12,16,19H,4,9-11H2,1H3. The van der Waals surface area contributed by atoms with E-state index in [9.17, 15) is 5.11 Å². The van der Waals surface area contributed by atoms with Gasteiger partial charge in [0.2, 0.25) is 0 Å². The van der Waals surface area contributed by atoms with Crippen molar-refractivity contribution in [3.8, 4) is 11.5 Å². The Kier molecular flexibility index (Phi) is 4.11. The molecule has 1 N–H and O–H groups in total. The van der Waals surface area contributed by atoms with Crippen molar-refractivity contribution in [3.05, 3.63) is 59.2 Å². The van der Waals surface area contributed by atoms with Crippen molar-refractivity contribution in [1.29, 1.82) is 0 Å². The first-order valence-corrected chi connectivity index (χ1v) is 7.36. The van der Waals surface area contributed by atoms with Crippen LogP contribution in [0.25, 0.3) is 0 Å². The lowest BCUT2D eigenvalue weighted by atomic mass is 9.98. The summed E-state index contributed by atoms with van der Waals surface area (Å²) in [6, 6.07) is 13.8. The molecule has 1 atom stereocenters. The van der Waals surface area contributed by atoms with E-state index in [1.54, 1.807) is 0 Å². The molecule has 0 aliphatic carbocycles. The minimum absolute atomic E-state index is 0.539. The van der Waals surface area contributed by atoms with E-state index in [0.717, 1.165) is 29.0 Å². The molecule has 0 fully saturated rings. The van der Waals surface area contributed by atoms with E-state index in [1.807, 2.05) is 30.3 Å². The lowest BCUT2D eigenvalue weighted by Gasteiger charge is -2.15. The number of hydrogen-bond acceptors (Lipinski definition) is 3. The summed E-state index contributed by atoms with van der Waals surface area (Å²) in [5.41, 5.74) is 3.23. The molecular formula is C18H20O3. The molecule has 1 unspecified atom stereocenters. The minimum Gasteiger partial charge on any atom is -0.490 e. The Morgan fingerprint density at radius 1 is 1.05 bits per heavy atom. The average molecular weight is 284 g/mol. The third-order valence-electron chi connectivity index (χ3n) is 3.83. The zero-order valence-corrected chi connectivity index (χ0v) is 12.2. The van der Waals surface area contributed by atoms with Crippen molar-refractivity contribution in [2.24, 2.45) is 0 Å². The molecule has 1 aliphatic heterocycles. The highest BCUT2D eigenvalue weighted by Gasteiger charge is 2.15. The number of aliphatic hydroxyl groups is 1. The maximum Gasteiger partial charge on any atom is 0.161 e. The average Bonchev–Trinajstić information content (AvgIpc) is 2.74. The molecule has 1 aliphatic rings. The second-order valence-electron chi connectivity index (χ2n) is 5.40. The van der Waals surface area contributed by atoms with Gasteiger partial charge in [-0.1, -0.05) is 30.3 Å². The van der Waals surface area contributed by atoms with E-state index in [-0.39, 0.29) is 0 Å². The van der Waals surface area contributed by atoms with E-state index in [4.69, 9.17) is 9.47 Å². The lowest BCUT2D eigenvalue weighted by Crippen LogP contribution is -2.04. The van der Waals surface area contributed by atoms with Gasteiger partial charge in [-0.2, -0.15) is 0 Å². The number of hydrogen-bond donors (Lipinski definition) is 1. The van der Waals surface area contributed by atoms with Gasteiger partial charge in [-0.15, -0.1) is 0 Å². The Labute approximate surface area is 125 Å². The predicted molar refractivity (Wildman–Crippen MR) is 81.9 cm³/mol. The van der Waals surface area contributed by atoms with E-state index in [0.29, 0.717) is 19.6 Å². The molecule has 2 aromatic rings. The fourth-order valence-electron chi connectivity index (χ4n) is 2.55. The van der Waals surface area contributed by atoms with Gasteiger partial charge in [0.25, 0.3) is 0 Å². The Morgan fingerprint density at radius 3 is 2.62 bits per heavy atom. The summed E-state index contributed by atoms with van der Waals surface area (Å²) in [6.07, 6.45) is 0.950. The van der Waals surface area contributed by atoms with Crippen LogP contribution in [0.4, 0.5) is 0 Å². The fraction of sp³-hybridized carbons (Fsp3) is 0.333. The molecule has 0 saturated heterocycles. The molecule has 110 valence electrons. The van der Waals surface area contributed by atoms with Crippen LogP contribution in [0.3, 0.4) is 0 Å².